The molecule has 1 aromatic carbocycles. The van der Waals surface area contributed by atoms with E-state index in [1.807, 2.05) is 24.3 Å². The average Bonchev–Trinajstić information content (AvgIpc) is 3.09. The van der Waals surface area contributed by atoms with Crippen molar-refractivity contribution >= 4 is 40.3 Å². The van der Waals surface area contributed by atoms with E-state index >= 15 is 0 Å². The van der Waals surface area contributed by atoms with Crippen molar-refractivity contribution in [1.82, 2.24) is 0 Å². The van der Waals surface area contributed by atoms with Gasteiger partial charge in [-0.1, -0.05) is 31.5 Å². The van der Waals surface area contributed by atoms with Gasteiger partial charge in [0.1, 0.15) is 15.6 Å². The summed E-state index contributed by atoms with van der Waals surface area (Å²) in [4.78, 5) is 37.6. The van der Waals surface area contributed by atoms with Gasteiger partial charge < -0.3 is 19.5 Å². The van der Waals surface area contributed by atoms with Crippen LogP contribution in [-0.2, 0) is 14.3 Å². The summed E-state index contributed by atoms with van der Waals surface area (Å²) >= 11 is 0.989. The number of anilines is 1. The van der Waals surface area contributed by atoms with Gasteiger partial charge in [0.05, 0.1) is 25.4 Å². The molecule has 0 bridgehead atoms. The molecule has 32 heavy (non-hydrogen) atoms. The Morgan fingerprint density at radius 3 is 2.41 bits per heavy atom. The average molecular weight is 460 g/mol. The summed E-state index contributed by atoms with van der Waals surface area (Å²) < 4.78 is 15.9. The molecule has 1 aromatic heterocycles. The SMILES string of the molecule is CCCCOc1ccccc1/C=C/C(=O)Nc1sc(C(=O)OCC)c(C)c1C(=O)OCC. The molecule has 0 spiro atoms. The van der Waals surface area contributed by atoms with E-state index in [0.717, 1.165) is 29.7 Å². The van der Waals surface area contributed by atoms with Crippen LogP contribution in [-0.4, -0.2) is 37.7 Å². The van der Waals surface area contributed by atoms with E-state index in [-0.39, 0.29) is 28.7 Å². The summed E-state index contributed by atoms with van der Waals surface area (Å²) in [5.74, 6) is -0.912. The second kappa shape index (κ2) is 12.7. The lowest BCUT2D eigenvalue weighted by Gasteiger charge is -2.08. The van der Waals surface area contributed by atoms with E-state index in [0.29, 0.717) is 17.9 Å². The number of hydrogen-bond donors (Lipinski definition) is 1. The van der Waals surface area contributed by atoms with Gasteiger partial charge in [-0.2, -0.15) is 0 Å². The number of carbonyl (C=O) groups is 3. The molecule has 0 unspecified atom stereocenters. The van der Waals surface area contributed by atoms with Gasteiger partial charge in [-0.3, -0.25) is 4.79 Å². The molecule has 0 saturated carbocycles. The van der Waals surface area contributed by atoms with Gasteiger partial charge in [-0.15, -0.1) is 11.3 Å². The maximum Gasteiger partial charge on any atom is 0.348 e. The fourth-order valence-corrected chi connectivity index (χ4v) is 3.93. The second-order valence-electron chi connectivity index (χ2n) is 6.76. The van der Waals surface area contributed by atoms with E-state index in [4.69, 9.17) is 14.2 Å². The molecule has 0 aliphatic rings. The summed E-state index contributed by atoms with van der Waals surface area (Å²) in [5, 5.41) is 2.94. The van der Waals surface area contributed by atoms with Crippen molar-refractivity contribution < 1.29 is 28.6 Å². The monoisotopic (exact) mass is 459 g/mol. The highest BCUT2D eigenvalue weighted by Gasteiger charge is 2.27. The lowest BCUT2D eigenvalue weighted by Crippen LogP contribution is -2.13. The molecule has 7 nitrogen and oxygen atoms in total. The van der Waals surface area contributed by atoms with Crippen molar-refractivity contribution in [2.24, 2.45) is 0 Å². The van der Waals surface area contributed by atoms with Crippen LogP contribution in [0, 0.1) is 6.92 Å². The van der Waals surface area contributed by atoms with Crippen LogP contribution in [0.25, 0.3) is 6.08 Å². The predicted octanol–water partition coefficient (Wildman–Crippen LogP) is 5.24. The van der Waals surface area contributed by atoms with E-state index in [1.54, 1.807) is 26.8 Å². The molecule has 0 atom stereocenters. The molecule has 0 aliphatic heterocycles. The van der Waals surface area contributed by atoms with Gasteiger partial charge in [-0.05, 0) is 44.9 Å². The van der Waals surface area contributed by atoms with Gasteiger partial charge in [0.15, 0.2) is 0 Å². The van der Waals surface area contributed by atoms with Gasteiger partial charge in [-0.25, -0.2) is 9.59 Å². The molecule has 0 fully saturated rings. The summed E-state index contributed by atoms with van der Waals surface area (Å²) in [6.07, 6.45) is 4.97. The van der Waals surface area contributed by atoms with Crippen LogP contribution in [0.2, 0.25) is 0 Å². The van der Waals surface area contributed by atoms with Crippen LogP contribution in [0.1, 0.15) is 64.8 Å². The lowest BCUT2D eigenvalue weighted by atomic mass is 10.1. The van der Waals surface area contributed by atoms with Crippen LogP contribution in [0.4, 0.5) is 5.00 Å². The Bertz CT molecular complexity index is 979. The molecule has 0 saturated heterocycles. The highest BCUT2D eigenvalue weighted by atomic mass is 32.1. The molecular formula is C24H29NO6S. The van der Waals surface area contributed by atoms with Gasteiger partial charge in [0.25, 0.3) is 0 Å². The van der Waals surface area contributed by atoms with Crippen molar-refractivity contribution in [3.63, 3.8) is 0 Å². The van der Waals surface area contributed by atoms with Crippen LogP contribution in [0.3, 0.4) is 0 Å². The van der Waals surface area contributed by atoms with Crippen LogP contribution in [0.5, 0.6) is 5.75 Å². The van der Waals surface area contributed by atoms with Crippen LogP contribution < -0.4 is 10.1 Å². The largest absolute Gasteiger partial charge is 0.493 e. The Labute approximate surface area is 192 Å². The van der Waals surface area contributed by atoms with E-state index in [9.17, 15) is 14.4 Å². The fourth-order valence-electron chi connectivity index (χ4n) is 2.84. The molecule has 8 heteroatoms. The number of thiophene rings is 1. The zero-order chi connectivity index (χ0) is 23.5. The van der Waals surface area contributed by atoms with Crippen molar-refractivity contribution in [2.45, 2.75) is 40.5 Å². The molecule has 1 heterocycles. The van der Waals surface area contributed by atoms with E-state index in [1.165, 1.54) is 6.08 Å². The van der Waals surface area contributed by atoms with Gasteiger partial charge >= 0.3 is 11.9 Å². The molecule has 1 amide bonds. The minimum Gasteiger partial charge on any atom is -0.493 e. The molecule has 0 radical (unpaired) electrons. The molecule has 2 rings (SSSR count). The summed E-state index contributed by atoms with van der Waals surface area (Å²) in [7, 11) is 0. The van der Waals surface area contributed by atoms with Gasteiger partial charge in [0.2, 0.25) is 5.91 Å². The number of rotatable bonds is 11. The molecule has 0 aliphatic carbocycles. The Morgan fingerprint density at radius 2 is 1.72 bits per heavy atom. The number of esters is 2. The molecule has 2 aromatic rings. The zero-order valence-electron chi connectivity index (χ0n) is 18.9. The highest BCUT2D eigenvalue weighted by molar-refractivity contribution is 7.18. The van der Waals surface area contributed by atoms with Crippen molar-refractivity contribution in [2.75, 3.05) is 25.1 Å². The number of nitrogens with one attached hydrogen (secondary N) is 1. The number of para-hydroxylation sites is 1. The topological polar surface area (TPSA) is 90.9 Å². The minimum absolute atomic E-state index is 0.157. The quantitative estimate of drug-likeness (QED) is 0.281. The smallest absolute Gasteiger partial charge is 0.348 e. The van der Waals surface area contributed by atoms with Crippen LogP contribution >= 0.6 is 11.3 Å². The number of ether oxygens (including phenoxy) is 3. The first-order valence-electron chi connectivity index (χ1n) is 10.6. The summed E-state index contributed by atoms with van der Waals surface area (Å²) in [5.41, 5.74) is 1.34. The predicted molar refractivity (Wildman–Crippen MR) is 125 cm³/mol. The maximum atomic E-state index is 12.6. The highest BCUT2D eigenvalue weighted by Crippen LogP contribution is 2.34. The van der Waals surface area contributed by atoms with E-state index in [2.05, 4.69) is 12.2 Å². The molecule has 172 valence electrons. The fraction of sp³-hybridized carbons (Fsp3) is 0.375. The first kappa shape index (κ1) is 25.1. The van der Waals surface area contributed by atoms with Crippen molar-refractivity contribution in [1.29, 1.82) is 0 Å². The Kier molecular flexibility index (Phi) is 9.94. The number of carbonyl (C=O) groups excluding carboxylic acids is 3. The third-order valence-corrected chi connectivity index (χ3v) is 5.60. The number of benzene rings is 1. The van der Waals surface area contributed by atoms with Crippen molar-refractivity contribution in [3.05, 3.63) is 51.9 Å². The third kappa shape index (κ3) is 6.68. The van der Waals surface area contributed by atoms with Gasteiger partial charge in [0, 0.05) is 11.6 Å². The number of unbranched alkanes of at least 4 members (excludes halogenated alkanes) is 1. The standard InChI is InChI=1S/C24H29NO6S/c1-5-8-15-31-18-12-10-9-11-17(18)13-14-19(26)25-22-20(23(27)29-6-2)16(4)21(32-22)24(28)30-7-3/h9-14H,5-8,15H2,1-4H3,(H,25,26)/b14-13+. The Hall–Kier alpha value is -3.13. The third-order valence-electron chi connectivity index (χ3n) is 4.41. The molecule has 1 N–H and O–H groups in total. The van der Waals surface area contributed by atoms with Crippen molar-refractivity contribution in [3.8, 4) is 5.75 Å². The lowest BCUT2D eigenvalue weighted by molar-refractivity contribution is -0.111. The first-order valence-corrected chi connectivity index (χ1v) is 11.4. The Morgan fingerprint density at radius 1 is 1.03 bits per heavy atom. The Balaban J connectivity index is 2.25. The summed E-state index contributed by atoms with van der Waals surface area (Å²) in [6.45, 7) is 8.08. The van der Waals surface area contributed by atoms with Crippen LogP contribution in [0.15, 0.2) is 30.3 Å². The normalized spacial score (nSPS) is 10.8. The zero-order valence-corrected chi connectivity index (χ0v) is 19.7. The number of hydrogen-bond acceptors (Lipinski definition) is 7. The maximum absolute atomic E-state index is 12.6. The second-order valence-corrected chi connectivity index (χ2v) is 7.78. The first-order chi connectivity index (χ1) is 15.4. The van der Waals surface area contributed by atoms with E-state index < -0.39 is 17.8 Å². The minimum atomic E-state index is -0.606. The summed E-state index contributed by atoms with van der Waals surface area (Å²) in [6, 6.07) is 7.43. The molecular weight excluding hydrogens is 430 g/mol. The number of amides is 1.